The zero-order valence-corrected chi connectivity index (χ0v) is 9.29. The van der Waals surface area contributed by atoms with Crippen LogP contribution in [0.25, 0.3) is 0 Å². The summed E-state index contributed by atoms with van der Waals surface area (Å²) in [5, 5.41) is 3.06. The quantitative estimate of drug-likeness (QED) is 0.771. The lowest BCUT2D eigenvalue weighted by Gasteiger charge is -2.10. The smallest absolute Gasteiger partial charge is 0.241 e. The van der Waals surface area contributed by atoms with Gasteiger partial charge < -0.3 is 11.1 Å². The van der Waals surface area contributed by atoms with E-state index >= 15 is 0 Å². The number of halogens is 1. The van der Waals surface area contributed by atoms with E-state index < -0.39 is 6.04 Å². The summed E-state index contributed by atoms with van der Waals surface area (Å²) in [6.07, 6.45) is 3.05. The average Bonchev–Trinajstić information content (AvgIpc) is 2.22. The van der Waals surface area contributed by atoms with Gasteiger partial charge in [-0.25, -0.2) is 4.98 Å². The van der Waals surface area contributed by atoms with Gasteiger partial charge in [-0.1, -0.05) is 24.9 Å². The highest BCUT2D eigenvalue weighted by Crippen LogP contribution is 2.10. The van der Waals surface area contributed by atoms with Crippen molar-refractivity contribution in [1.29, 1.82) is 0 Å². The highest BCUT2D eigenvalue weighted by atomic mass is 35.5. The Morgan fingerprint density at radius 1 is 1.67 bits per heavy atom. The molecule has 1 amide bonds. The second-order valence-corrected chi connectivity index (χ2v) is 3.64. The maximum Gasteiger partial charge on any atom is 0.241 e. The first-order valence-corrected chi connectivity index (χ1v) is 5.19. The number of hydrogen-bond acceptors (Lipinski definition) is 3. The zero-order valence-electron chi connectivity index (χ0n) is 8.53. The Bertz CT molecular complexity index is 326. The zero-order chi connectivity index (χ0) is 11.3. The van der Waals surface area contributed by atoms with E-state index in [-0.39, 0.29) is 5.91 Å². The largest absolute Gasteiger partial charge is 0.323 e. The lowest BCUT2D eigenvalue weighted by molar-refractivity contribution is -0.117. The van der Waals surface area contributed by atoms with Gasteiger partial charge >= 0.3 is 0 Å². The molecule has 1 atom stereocenters. The third-order valence-corrected chi connectivity index (χ3v) is 2.15. The van der Waals surface area contributed by atoms with Crippen molar-refractivity contribution >= 4 is 23.2 Å². The molecule has 0 fully saturated rings. The van der Waals surface area contributed by atoms with Crippen molar-refractivity contribution in [3.05, 3.63) is 23.5 Å². The van der Waals surface area contributed by atoms with Gasteiger partial charge in [0.05, 0.1) is 17.9 Å². The first-order valence-electron chi connectivity index (χ1n) is 4.81. The highest BCUT2D eigenvalue weighted by Gasteiger charge is 2.11. The van der Waals surface area contributed by atoms with Gasteiger partial charge in [0.15, 0.2) is 0 Å². The molecule has 0 aliphatic carbocycles. The molecule has 0 aromatic carbocycles. The van der Waals surface area contributed by atoms with Gasteiger partial charge in [-0.15, -0.1) is 0 Å². The van der Waals surface area contributed by atoms with E-state index in [4.69, 9.17) is 17.3 Å². The molecule has 0 aliphatic rings. The number of hydrogen-bond donors (Lipinski definition) is 2. The number of carbonyl (C=O) groups excluding carboxylic acids is 1. The number of aromatic nitrogens is 1. The minimum atomic E-state index is -0.467. The van der Waals surface area contributed by atoms with Crippen molar-refractivity contribution in [3.8, 4) is 0 Å². The standard InChI is InChI=1S/C10H14ClN3O/c1-2-3-8(12)10(15)14-7-4-5-9(11)13-6-7/h4-6,8H,2-3,12H2,1H3,(H,14,15)/t8-/m0/s1. The Kier molecular flexibility index (Phi) is 4.52. The normalized spacial score (nSPS) is 12.2. The monoisotopic (exact) mass is 227 g/mol. The first-order chi connectivity index (χ1) is 7.13. The number of nitrogens with two attached hydrogens (primary N) is 1. The highest BCUT2D eigenvalue weighted by molar-refractivity contribution is 6.29. The van der Waals surface area contributed by atoms with Gasteiger partial charge in [-0.3, -0.25) is 4.79 Å². The molecule has 0 radical (unpaired) electrons. The molecule has 0 bridgehead atoms. The molecule has 1 aromatic heterocycles. The molecule has 0 spiro atoms. The Balaban J connectivity index is 2.54. The van der Waals surface area contributed by atoms with Crippen LogP contribution in [0.3, 0.4) is 0 Å². The SMILES string of the molecule is CCC[C@H](N)C(=O)Nc1ccc(Cl)nc1. The number of carbonyl (C=O) groups is 1. The Morgan fingerprint density at radius 3 is 2.93 bits per heavy atom. The number of anilines is 1. The number of pyridine rings is 1. The van der Waals surface area contributed by atoms with Crippen LogP contribution in [0.15, 0.2) is 18.3 Å². The molecule has 1 heterocycles. The van der Waals surface area contributed by atoms with Crippen molar-refractivity contribution in [2.75, 3.05) is 5.32 Å². The molecule has 3 N–H and O–H groups in total. The van der Waals surface area contributed by atoms with Crippen LogP contribution in [0.2, 0.25) is 5.15 Å². The Hall–Kier alpha value is -1.13. The second-order valence-electron chi connectivity index (χ2n) is 3.25. The third kappa shape index (κ3) is 3.85. The molecule has 15 heavy (non-hydrogen) atoms. The summed E-state index contributed by atoms with van der Waals surface area (Å²) in [5.74, 6) is -0.194. The van der Waals surface area contributed by atoms with E-state index in [1.807, 2.05) is 6.92 Å². The fraction of sp³-hybridized carbons (Fsp3) is 0.400. The van der Waals surface area contributed by atoms with Crippen LogP contribution in [-0.2, 0) is 4.79 Å². The molecule has 0 aliphatic heterocycles. The minimum absolute atomic E-state index is 0.194. The minimum Gasteiger partial charge on any atom is -0.323 e. The van der Waals surface area contributed by atoms with Crippen molar-refractivity contribution in [1.82, 2.24) is 4.98 Å². The molecule has 82 valence electrons. The number of rotatable bonds is 4. The van der Waals surface area contributed by atoms with Gasteiger partial charge in [-0.2, -0.15) is 0 Å². The molecule has 1 aromatic rings. The molecule has 0 saturated heterocycles. The summed E-state index contributed by atoms with van der Waals surface area (Å²) in [7, 11) is 0. The molecule has 0 saturated carbocycles. The number of amides is 1. The topological polar surface area (TPSA) is 68.0 Å². The maximum atomic E-state index is 11.5. The van der Waals surface area contributed by atoms with E-state index in [2.05, 4.69) is 10.3 Å². The van der Waals surface area contributed by atoms with Crippen molar-refractivity contribution < 1.29 is 4.79 Å². The fourth-order valence-corrected chi connectivity index (χ4v) is 1.24. The predicted octanol–water partition coefficient (Wildman–Crippen LogP) is 1.80. The number of nitrogens with one attached hydrogen (secondary N) is 1. The average molecular weight is 228 g/mol. The van der Waals surface area contributed by atoms with Crippen LogP contribution in [0.1, 0.15) is 19.8 Å². The summed E-state index contributed by atoms with van der Waals surface area (Å²) in [4.78, 5) is 15.3. The van der Waals surface area contributed by atoms with Crippen LogP contribution in [0.4, 0.5) is 5.69 Å². The van der Waals surface area contributed by atoms with Crippen LogP contribution in [0, 0.1) is 0 Å². The van der Waals surface area contributed by atoms with Crippen molar-refractivity contribution in [2.45, 2.75) is 25.8 Å². The number of nitrogens with zero attached hydrogens (tertiary/aromatic N) is 1. The molecule has 0 unspecified atom stereocenters. The van der Waals surface area contributed by atoms with Gasteiger partial charge in [0.1, 0.15) is 5.15 Å². The first kappa shape index (κ1) is 11.9. The Morgan fingerprint density at radius 2 is 2.40 bits per heavy atom. The van der Waals surface area contributed by atoms with E-state index in [0.29, 0.717) is 17.3 Å². The predicted molar refractivity (Wildman–Crippen MR) is 60.8 cm³/mol. The molecule has 1 rings (SSSR count). The lowest BCUT2D eigenvalue weighted by atomic mass is 10.1. The van der Waals surface area contributed by atoms with E-state index in [0.717, 1.165) is 6.42 Å². The van der Waals surface area contributed by atoms with E-state index in [9.17, 15) is 4.79 Å². The molecule has 5 heteroatoms. The summed E-state index contributed by atoms with van der Waals surface area (Å²) in [6, 6.07) is 2.83. The Labute approximate surface area is 93.8 Å². The van der Waals surface area contributed by atoms with Crippen molar-refractivity contribution in [3.63, 3.8) is 0 Å². The maximum absolute atomic E-state index is 11.5. The summed E-state index contributed by atoms with van der Waals surface area (Å²) >= 11 is 5.61. The molecular weight excluding hydrogens is 214 g/mol. The third-order valence-electron chi connectivity index (χ3n) is 1.93. The summed E-state index contributed by atoms with van der Waals surface area (Å²) in [6.45, 7) is 1.98. The van der Waals surface area contributed by atoms with E-state index in [1.165, 1.54) is 6.20 Å². The van der Waals surface area contributed by atoms with Gasteiger partial charge in [0.2, 0.25) is 5.91 Å². The fourth-order valence-electron chi connectivity index (χ4n) is 1.13. The van der Waals surface area contributed by atoms with Gasteiger partial charge in [0.25, 0.3) is 0 Å². The van der Waals surface area contributed by atoms with Gasteiger partial charge in [-0.05, 0) is 18.6 Å². The summed E-state index contributed by atoms with van der Waals surface area (Å²) in [5.41, 5.74) is 6.25. The second kappa shape index (κ2) is 5.68. The van der Waals surface area contributed by atoms with Crippen molar-refractivity contribution in [2.24, 2.45) is 5.73 Å². The van der Waals surface area contributed by atoms with Crippen LogP contribution >= 0.6 is 11.6 Å². The van der Waals surface area contributed by atoms with Crippen LogP contribution in [-0.4, -0.2) is 16.9 Å². The van der Waals surface area contributed by atoms with Crippen LogP contribution in [0.5, 0.6) is 0 Å². The lowest BCUT2D eigenvalue weighted by Crippen LogP contribution is -2.35. The van der Waals surface area contributed by atoms with Gasteiger partial charge in [0, 0.05) is 0 Å². The van der Waals surface area contributed by atoms with Crippen LogP contribution < -0.4 is 11.1 Å². The molecular formula is C10H14ClN3O. The summed E-state index contributed by atoms with van der Waals surface area (Å²) < 4.78 is 0. The van der Waals surface area contributed by atoms with E-state index in [1.54, 1.807) is 12.1 Å². The molecule has 4 nitrogen and oxygen atoms in total.